The van der Waals surface area contributed by atoms with Gasteiger partial charge in [-0.3, -0.25) is 4.90 Å². The number of nitriles is 1. The molecule has 0 spiro atoms. The fourth-order valence-corrected chi connectivity index (χ4v) is 3.04. The minimum Gasteiger partial charge on any atom is -0.393 e. The lowest BCUT2D eigenvalue weighted by Gasteiger charge is -2.33. The zero-order chi connectivity index (χ0) is 14.8. The normalized spacial score (nSPS) is 18.7. The average Bonchev–Trinajstić information content (AvgIpc) is 2.90. The van der Waals surface area contributed by atoms with Crippen LogP contribution in [0.3, 0.4) is 0 Å². The molecule has 2 aromatic rings. The molecule has 1 aliphatic rings. The van der Waals surface area contributed by atoms with Gasteiger partial charge in [0, 0.05) is 12.7 Å². The lowest BCUT2D eigenvalue weighted by molar-refractivity contribution is 0.0691. The van der Waals surface area contributed by atoms with Crippen molar-refractivity contribution in [1.82, 2.24) is 14.3 Å². The molecular weight excluding hydrogens is 264 g/mol. The second-order valence-corrected chi connectivity index (χ2v) is 5.86. The van der Waals surface area contributed by atoms with E-state index in [1.807, 2.05) is 29.8 Å². The molecule has 1 aliphatic heterocycles. The quantitative estimate of drug-likeness (QED) is 0.933. The third kappa shape index (κ3) is 2.92. The van der Waals surface area contributed by atoms with E-state index < -0.39 is 0 Å². The zero-order valence-electron chi connectivity index (χ0n) is 12.2. The van der Waals surface area contributed by atoms with Crippen LogP contribution in [0.4, 0.5) is 0 Å². The molecule has 0 bridgehead atoms. The first-order valence-electron chi connectivity index (χ1n) is 7.44. The van der Waals surface area contributed by atoms with Gasteiger partial charge in [-0.15, -0.1) is 0 Å². The number of aromatic nitrogens is 2. The number of aliphatic hydroxyl groups excluding tert-OH is 1. The monoisotopic (exact) mass is 284 g/mol. The summed E-state index contributed by atoms with van der Waals surface area (Å²) in [5.41, 5.74) is 2.63. The van der Waals surface area contributed by atoms with E-state index in [4.69, 9.17) is 5.26 Å². The van der Waals surface area contributed by atoms with Gasteiger partial charge in [0.1, 0.15) is 11.7 Å². The number of piperidine rings is 1. The molecular formula is C16H20N4O. The average molecular weight is 284 g/mol. The number of fused-ring (bicyclic) bond motifs is 1. The second-order valence-electron chi connectivity index (χ2n) is 5.86. The van der Waals surface area contributed by atoms with Gasteiger partial charge in [-0.25, -0.2) is 4.98 Å². The van der Waals surface area contributed by atoms with Gasteiger partial charge < -0.3 is 9.51 Å². The summed E-state index contributed by atoms with van der Waals surface area (Å²) < 4.78 is 2.00. The fraction of sp³-hybridized carbons (Fsp3) is 0.500. The Kier molecular flexibility index (Phi) is 3.91. The lowest BCUT2D eigenvalue weighted by atomic mass is 9.92. The number of hydrogen-bond donors (Lipinski definition) is 1. The van der Waals surface area contributed by atoms with E-state index in [0.29, 0.717) is 11.5 Å². The van der Waals surface area contributed by atoms with E-state index in [-0.39, 0.29) is 6.10 Å². The highest BCUT2D eigenvalue weighted by molar-refractivity contribution is 5.44. The maximum absolute atomic E-state index is 9.66. The number of pyridine rings is 1. The summed E-state index contributed by atoms with van der Waals surface area (Å²) in [5.74, 6) is 0.425. The number of rotatable bonds is 3. The number of hydrogen-bond acceptors (Lipinski definition) is 4. The summed E-state index contributed by atoms with van der Waals surface area (Å²) in [6.07, 6.45) is 5.61. The van der Waals surface area contributed by atoms with Crippen molar-refractivity contribution in [2.24, 2.45) is 5.92 Å². The Morgan fingerprint density at radius 3 is 2.86 bits per heavy atom. The molecule has 1 atom stereocenters. The van der Waals surface area contributed by atoms with E-state index in [1.165, 1.54) is 0 Å². The molecule has 0 aliphatic carbocycles. The van der Waals surface area contributed by atoms with Crippen LogP contribution in [0, 0.1) is 17.2 Å². The Hall–Kier alpha value is -1.90. The predicted octanol–water partition coefficient (Wildman–Crippen LogP) is 1.80. The molecule has 5 heteroatoms. The molecule has 2 aromatic heterocycles. The molecule has 0 aromatic carbocycles. The molecule has 0 saturated carbocycles. The second kappa shape index (κ2) is 5.84. The largest absolute Gasteiger partial charge is 0.393 e. The van der Waals surface area contributed by atoms with Crippen molar-refractivity contribution in [2.75, 3.05) is 13.1 Å². The highest BCUT2D eigenvalue weighted by Gasteiger charge is 2.23. The Balaban J connectivity index is 1.73. The van der Waals surface area contributed by atoms with E-state index in [9.17, 15) is 5.11 Å². The number of likely N-dealkylation sites (tertiary alicyclic amines) is 1. The van der Waals surface area contributed by atoms with Gasteiger partial charge in [0.15, 0.2) is 0 Å². The third-order valence-corrected chi connectivity index (χ3v) is 4.41. The van der Waals surface area contributed by atoms with Crippen molar-refractivity contribution in [3.8, 4) is 6.07 Å². The number of aliphatic hydroxyl groups is 1. The summed E-state index contributed by atoms with van der Waals surface area (Å²) in [6, 6.07) is 5.84. The van der Waals surface area contributed by atoms with Crippen LogP contribution in [0.1, 0.15) is 31.0 Å². The van der Waals surface area contributed by atoms with Gasteiger partial charge in [0.2, 0.25) is 0 Å². The molecule has 3 heterocycles. The van der Waals surface area contributed by atoms with Crippen LogP contribution in [0.2, 0.25) is 0 Å². The Bertz CT molecular complexity index is 662. The van der Waals surface area contributed by atoms with Gasteiger partial charge in [0.05, 0.1) is 23.6 Å². The lowest BCUT2D eigenvalue weighted by Crippen LogP contribution is -2.36. The first kappa shape index (κ1) is 14.1. The first-order chi connectivity index (χ1) is 10.2. The minimum absolute atomic E-state index is 0.207. The summed E-state index contributed by atoms with van der Waals surface area (Å²) in [5, 5.41) is 18.7. The van der Waals surface area contributed by atoms with Crippen molar-refractivity contribution in [1.29, 1.82) is 5.26 Å². The SMILES string of the molecule is CC(O)C1CCN(Cc2cnc3ccc(C#N)cn23)CC1. The summed E-state index contributed by atoms with van der Waals surface area (Å²) in [4.78, 5) is 6.78. The minimum atomic E-state index is -0.207. The molecule has 1 N–H and O–H groups in total. The Morgan fingerprint density at radius 2 is 2.19 bits per heavy atom. The Labute approximate surface area is 124 Å². The summed E-state index contributed by atoms with van der Waals surface area (Å²) in [6.45, 7) is 4.72. The number of imidazole rings is 1. The maximum Gasteiger partial charge on any atom is 0.137 e. The molecule has 21 heavy (non-hydrogen) atoms. The van der Waals surface area contributed by atoms with Crippen molar-refractivity contribution >= 4 is 5.65 Å². The van der Waals surface area contributed by atoms with Crippen molar-refractivity contribution in [3.63, 3.8) is 0 Å². The smallest absolute Gasteiger partial charge is 0.137 e. The molecule has 1 fully saturated rings. The van der Waals surface area contributed by atoms with E-state index in [1.54, 1.807) is 6.07 Å². The van der Waals surface area contributed by atoms with E-state index >= 15 is 0 Å². The predicted molar refractivity (Wildman–Crippen MR) is 79.6 cm³/mol. The Morgan fingerprint density at radius 1 is 1.43 bits per heavy atom. The molecule has 3 rings (SSSR count). The standard InChI is InChI=1S/C16H20N4O/c1-12(21)14-4-6-19(7-5-14)11-15-9-18-16-3-2-13(8-17)10-20(15)16/h2-3,9-10,12,14,21H,4-7,11H2,1H3. The van der Waals surface area contributed by atoms with Crippen molar-refractivity contribution < 1.29 is 5.11 Å². The first-order valence-corrected chi connectivity index (χ1v) is 7.44. The van der Waals surface area contributed by atoms with Gasteiger partial charge >= 0.3 is 0 Å². The van der Waals surface area contributed by atoms with Crippen LogP contribution in [0.25, 0.3) is 5.65 Å². The van der Waals surface area contributed by atoms with Gasteiger partial charge in [-0.1, -0.05) is 0 Å². The van der Waals surface area contributed by atoms with Crippen LogP contribution in [0.15, 0.2) is 24.5 Å². The summed E-state index contributed by atoms with van der Waals surface area (Å²) in [7, 11) is 0. The van der Waals surface area contributed by atoms with Gasteiger partial charge in [-0.2, -0.15) is 5.26 Å². The summed E-state index contributed by atoms with van der Waals surface area (Å²) >= 11 is 0. The highest BCUT2D eigenvalue weighted by Crippen LogP contribution is 2.22. The molecule has 1 unspecified atom stereocenters. The molecule has 0 radical (unpaired) electrons. The van der Waals surface area contributed by atoms with Crippen LogP contribution >= 0.6 is 0 Å². The van der Waals surface area contributed by atoms with E-state index in [2.05, 4.69) is 16.0 Å². The highest BCUT2D eigenvalue weighted by atomic mass is 16.3. The zero-order valence-corrected chi connectivity index (χ0v) is 12.2. The van der Waals surface area contributed by atoms with E-state index in [0.717, 1.165) is 43.8 Å². The topological polar surface area (TPSA) is 64.6 Å². The van der Waals surface area contributed by atoms with Crippen molar-refractivity contribution in [3.05, 3.63) is 35.8 Å². The van der Waals surface area contributed by atoms with Crippen LogP contribution in [-0.2, 0) is 6.54 Å². The van der Waals surface area contributed by atoms with Crippen LogP contribution in [-0.4, -0.2) is 38.6 Å². The molecule has 1 saturated heterocycles. The fourth-order valence-electron chi connectivity index (χ4n) is 3.04. The number of nitrogens with zero attached hydrogens (tertiary/aromatic N) is 4. The van der Waals surface area contributed by atoms with Gasteiger partial charge in [-0.05, 0) is 50.9 Å². The molecule has 110 valence electrons. The van der Waals surface area contributed by atoms with Crippen molar-refractivity contribution in [2.45, 2.75) is 32.4 Å². The third-order valence-electron chi connectivity index (χ3n) is 4.41. The van der Waals surface area contributed by atoms with Crippen LogP contribution < -0.4 is 0 Å². The van der Waals surface area contributed by atoms with Crippen LogP contribution in [0.5, 0.6) is 0 Å². The maximum atomic E-state index is 9.66. The molecule has 5 nitrogen and oxygen atoms in total. The van der Waals surface area contributed by atoms with Gasteiger partial charge in [0.25, 0.3) is 0 Å². The molecule has 0 amide bonds.